The van der Waals surface area contributed by atoms with Crippen molar-refractivity contribution < 1.29 is 15.0 Å². The Hall–Kier alpha value is -1.83. The molecule has 2 N–H and O–H groups in total. The van der Waals surface area contributed by atoms with Gasteiger partial charge in [0.15, 0.2) is 0 Å². The second-order valence-electron chi connectivity index (χ2n) is 4.84. The number of aliphatic hydroxyl groups excluding tert-OH is 2. The molecular weight excluding hydrogens is 266 g/mol. The van der Waals surface area contributed by atoms with Gasteiger partial charge in [-0.2, -0.15) is 0 Å². The molecule has 1 rings (SSSR count). The first-order valence-corrected chi connectivity index (χ1v) is 7.24. The zero-order valence-electron chi connectivity index (χ0n) is 12.7. The Labute approximate surface area is 126 Å². The quantitative estimate of drug-likeness (QED) is 0.782. The highest BCUT2D eigenvalue weighted by atomic mass is 16.3. The third-order valence-electron chi connectivity index (χ3n) is 3.02. The van der Waals surface area contributed by atoms with E-state index >= 15 is 0 Å². The fourth-order valence-electron chi connectivity index (χ4n) is 2.03. The molecule has 0 aliphatic carbocycles. The summed E-state index contributed by atoms with van der Waals surface area (Å²) in [5.41, 5.74) is 2.21. The number of hydrogen-bond acceptors (Lipinski definition) is 3. The van der Waals surface area contributed by atoms with Crippen molar-refractivity contribution >= 4 is 5.91 Å². The maximum absolute atomic E-state index is 12.6. The summed E-state index contributed by atoms with van der Waals surface area (Å²) in [6.07, 6.45) is 1.22. The minimum Gasteiger partial charge on any atom is -0.395 e. The van der Waals surface area contributed by atoms with Crippen LogP contribution in [-0.4, -0.2) is 47.3 Å². The van der Waals surface area contributed by atoms with Crippen molar-refractivity contribution in [3.63, 3.8) is 0 Å². The van der Waals surface area contributed by atoms with Crippen LogP contribution in [0.4, 0.5) is 0 Å². The Balaban J connectivity index is 3.11. The van der Waals surface area contributed by atoms with Crippen molar-refractivity contribution in [3.8, 4) is 11.8 Å². The second kappa shape index (κ2) is 9.17. The molecule has 0 aliphatic heterocycles. The first-order chi connectivity index (χ1) is 10.1. The van der Waals surface area contributed by atoms with Gasteiger partial charge in [-0.25, -0.2) is 0 Å². The number of aryl methyl sites for hydroxylation is 1. The van der Waals surface area contributed by atoms with Crippen LogP contribution in [0.1, 0.15) is 41.3 Å². The summed E-state index contributed by atoms with van der Waals surface area (Å²) in [6.45, 7) is 4.81. The molecule has 0 saturated carbocycles. The van der Waals surface area contributed by atoms with Crippen molar-refractivity contribution in [2.24, 2.45) is 0 Å². The summed E-state index contributed by atoms with van der Waals surface area (Å²) >= 11 is 0. The molecule has 0 atom stereocenters. The molecule has 114 valence electrons. The normalized spacial score (nSPS) is 9.90. The lowest BCUT2D eigenvalue weighted by Gasteiger charge is -2.22. The average Bonchev–Trinajstić information content (AvgIpc) is 2.48. The Morgan fingerprint density at radius 2 is 2.00 bits per heavy atom. The van der Waals surface area contributed by atoms with E-state index in [1.807, 2.05) is 32.0 Å². The van der Waals surface area contributed by atoms with Crippen LogP contribution < -0.4 is 0 Å². The van der Waals surface area contributed by atoms with Gasteiger partial charge in [0.25, 0.3) is 5.91 Å². The molecular formula is C17H23NO3. The summed E-state index contributed by atoms with van der Waals surface area (Å²) in [4.78, 5) is 14.3. The Bertz CT molecular complexity index is 523. The average molecular weight is 289 g/mol. The number of nitrogens with zero attached hydrogens (tertiary/aromatic N) is 1. The van der Waals surface area contributed by atoms with Gasteiger partial charge in [-0.15, -0.1) is 0 Å². The van der Waals surface area contributed by atoms with Crippen LogP contribution in [-0.2, 0) is 0 Å². The van der Waals surface area contributed by atoms with Gasteiger partial charge >= 0.3 is 0 Å². The number of aliphatic hydroxyl groups is 2. The lowest BCUT2D eigenvalue weighted by molar-refractivity contribution is 0.0721. The van der Waals surface area contributed by atoms with E-state index in [2.05, 4.69) is 11.8 Å². The van der Waals surface area contributed by atoms with Gasteiger partial charge in [-0.1, -0.05) is 30.4 Å². The van der Waals surface area contributed by atoms with Crippen LogP contribution in [0.5, 0.6) is 0 Å². The van der Waals surface area contributed by atoms with E-state index in [0.717, 1.165) is 12.0 Å². The van der Waals surface area contributed by atoms with Gasteiger partial charge in [-0.05, 0) is 25.5 Å². The van der Waals surface area contributed by atoms with Crippen LogP contribution in [0.2, 0.25) is 0 Å². The SMILES string of the molecule is CCCN(CCO)C(=O)c1cc(C)ccc1C#CCCO. The summed E-state index contributed by atoms with van der Waals surface area (Å²) in [6, 6.07) is 5.57. The maximum atomic E-state index is 12.6. The zero-order valence-corrected chi connectivity index (χ0v) is 12.7. The Kier molecular flexibility index (Phi) is 7.52. The van der Waals surface area contributed by atoms with Gasteiger partial charge < -0.3 is 15.1 Å². The van der Waals surface area contributed by atoms with E-state index in [1.165, 1.54) is 0 Å². The van der Waals surface area contributed by atoms with Gasteiger partial charge in [0.1, 0.15) is 0 Å². The Morgan fingerprint density at radius 3 is 2.62 bits per heavy atom. The molecule has 0 aliphatic rings. The number of hydrogen-bond donors (Lipinski definition) is 2. The molecule has 0 fully saturated rings. The van der Waals surface area contributed by atoms with Gasteiger partial charge in [-0.3, -0.25) is 4.79 Å². The lowest BCUT2D eigenvalue weighted by atomic mass is 10.0. The summed E-state index contributed by atoms with van der Waals surface area (Å²) in [5, 5.41) is 17.9. The van der Waals surface area contributed by atoms with Gasteiger partial charge in [0.2, 0.25) is 0 Å². The molecule has 0 saturated heterocycles. The summed E-state index contributed by atoms with van der Waals surface area (Å²) in [7, 11) is 0. The minimum atomic E-state index is -0.108. The minimum absolute atomic E-state index is 0.00854. The maximum Gasteiger partial charge on any atom is 0.255 e. The molecule has 4 heteroatoms. The fraction of sp³-hybridized carbons (Fsp3) is 0.471. The highest BCUT2D eigenvalue weighted by molar-refractivity contribution is 5.97. The second-order valence-corrected chi connectivity index (χ2v) is 4.84. The lowest BCUT2D eigenvalue weighted by Crippen LogP contribution is -2.34. The number of carbonyl (C=O) groups excluding carboxylic acids is 1. The summed E-state index contributed by atoms with van der Waals surface area (Å²) in [5.74, 6) is 5.68. The first kappa shape index (κ1) is 17.2. The smallest absolute Gasteiger partial charge is 0.255 e. The highest BCUT2D eigenvalue weighted by Gasteiger charge is 2.17. The van der Waals surface area contributed by atoms with Crippen molar-refractivity contribution in [1.82, 2.24) is 4.90 Å². The van der Waals surface area contributed by atoms with Crippen molar-refractivity contribution in [2.75, 3.05) is 26.3 Å². The first-order valence-electron chi connectivity index (χ1n) is 7.24. The number of rotatable bonds is 6. The van der Waals surface area contributed by atoms with Crippen LogP contribution in [0.15, 0.2) is 18.2 Å². The van der Waals surface area contributed by atoms with E-state index < -0.39 is 0 Å². The highest BCUT2D eigenvalue weighted by Crippen LogP contribution is 2.14. The molecule has 0 bridgehead atoms. The monoisotopic (exact) mass is 289 g/mol. The number of carbonyl (C=O) groups is 1. The zero-order chi connectivity index (χ0) is 15.7. The van der Waals surface area contributed by atoms with Crippen LogP contribution in [0, 0.1) is 18.8 Å². The van der Waals surface area contributed by atoms with Gasteiger partial charge in [0.05, 0.1) is 18.8 Å². The van der Waals surface area contributed by atoms with Gasteiger partial charge in [0, 0.05) is 25.1 Å². The summed E-state index contributed by atoms with van der Waals surface area (Å²) < 4.78 is 0. The fourth-order valence-corrected chi connectivity index (χ4v) is 2.03. The van der Waals surface area contributed by atoms with Crippen LogP contribution in [0.3, 0.4) is 0 Å². The van der Waals surface area contributed by atoms with Crippen molar-refractivity contribution in [1.29, 1.82) is 0 Å². The molecule has 0 aromatic heterocycles. The third kappa shape index (κ3) is 5.22. The van der Waals surface area contributed by atoms with E-state index in [1.54, 1.807) is 4.90 Å². The molecule has 0 spiro atoms. The molecule has 0 heterocycles. The number of amides is 1. The Morgan fingerprint density at radius 1 is 1.24 bits per heavy atom. The predicted molar refractivity (Wildman–Crippen MR) is 83.0 cm³/mol. The van der Waals surface area contributed by atoms with Crippen LogP contribution >= 0.6 is 0 Å². The van der Waals surface area contributed by atoms with E-state index in [0.29, 0.717) is 30.6 Å². The van der Waals surface area contributed by atoms with E-state index in [9.17, 15) is 4.79 Å². The third-order valence-corrected chi connectivity index (χ3v) is 3.02. The van der Waals surface area contributed by atoms with E-state index in [4.69, 9.17) is 10.2 Å². The van der Waals surface area contributed by atoms with Crippen LogP contribution in [0.25, 0.3) is 0 Å². The van der Waals surface area contributed by atoms with Crippen molar-refractivity contribution in [3.05, 3.63) is 34.9 Å². The largest absolute Gasteiger partial charge is 0.395 e. The molecule has 0 unspecified atom stereocenters. The molecule has 4 nitrogen and oxygen atoms in total. The topological polar surface area (TPSA) is 60.8 Å². The van der Waals surface area contributed by atoms with E-state index in [-0.39, 0.29) is 19.1 Å². The number of benzene rings is 1. The predicted octanol–water partition coefficient (Wildman–Crippen LogP) is 1.57. The standard InChI is InChI=1S/C17H23NO3/c1-3-9-18(10-12-20)17(21)16-13-14(2)7-8-15(16)6-4-5-11-19/h7-8,13,19-20H,3,5,9-12H2,1-2H3. The molecule has 1 amide bonds. The van der Waals surface area contributed by atoms with Crippen molar-refractivity contribution in [2.45, 2.75) is 26.7 Å². The molecule has 0 radical (unpaired) electrons. The molecule has 21 heavy (non-hydrogen) atoms. The molecule has 1 aromatic rings. The molecule has 1 aromatic carbocycles.